The molecule has 0 heterocycles. The van der Waals surface area contributed by atoms with Gasteiger partial charge in [-0.1, -0.05) is 56.1 Å². The molecule has 2 aromatic carbocycles. The Morgan fingerprint density at radius 3 is 2.35 bits per heavy atom. The fourth-order valence-electron chi connectivity index (χ4n) is 3.55. The predicted molar refractivity (Wildman–Crippen MR) is 144 cm³/mol. The Hall–Kier alpha value is -2.89. The number of nitrogens with zero attached hydrogens (tertiary/aromatic N) is 3. The molecule has 2 aromatic rings. The van der Waals surface area contributed by atoms with E-state index in [4.69, 9.17) is 23.2 Å². The van der Waals surface area contributed by atoms with Crippen LogP contribution in [0, 0.1) is 16.0 Å². The highest BCUT2D eigenvalue weighted by Gasteiger charge is 2.32. The van der Waals surface area contributed by atoms with Gasteiger partial charge in [0.15, 0.2) is 0 Å². The number of sulfonamides is 1. The Morgan fingerprint density at radius 1 is 1.14 bits per heavy atom. The molecule has 0 spiro atoms. The highest BCUT2D eigenvalue weighted by Crippen LogP contribution is 2.26. The third kappa shape index (κ3) is 8.58. The van der Waals surface area contributed by atoms with Crippen LogP contribution in [0.25, 0.3) is 0 Å². The van der Waals surface area contributed by atoms with Gasteiger partial charge in [-0.15, -0.1) is 0 Å². The summed E-state index contributed by atoms with van der Waals surface area (Å²) in [5.74, 6) is -0.906. The molecule has 202 valence electrons. The maximum atomic E-state index is 13.7. The molecule has 0 aliphatic carbocycles. The molecule has 0 radical (unpaired) electrons. The fourth-order valence-corrected chi connectivity index (χ4v) is 4.86. The number of nitro groups is 1. The number of hydrogen-bond donors (Lipinski definition) is 1. The van der Waals surface area contributed by atoms with Gasteiger partial charge in [-0.2, -0.15) is 0 Å². The number of amides is 2. The first-order valence-corrected chi connectivity index (χ1v) is 14.1. The summed E-state index contributed by atoms with van der Waals surface area (Å²) in [5.41, 5.74) is 0.130. The molecule has 0 saturated heterocycles. The number of benzene rings is 2. The lowest BCUT2D eigenvalue weighted by Crippen LogP contribution is -2.52. The summed E-state index contributed by atoms with van der Waals surface area (Å²) in [5, 5.41) is 14.7. The zero-order valence-corrected chi connectivity index (χ0v) is 23.3. The Balaban J connectivity index is 2.49. The average molecular weight is 573 g/mol. The lowest BCUT2D eigenvalue weighted by atomic mass is 10.1. The maximum absolute atomic E-state index is 13.7. The van der Waals surface area contributed by atoms with E-state index in [9.17, 15) is 28.1 Å². The summed E-state index contributed by atoms with van der Waals surface area (Å²) in [6.45, 7) is 5.22. The minimum atomic E-state index is -4.03. The largest absolute Gasteiger partial charge is 0.354 e. The molecular formula is C24H30Cl2N4O6S. The van der Waals surface area contributed by atoms with Crippen LogP contribution in [-0.2, 0) is 26.2 Å². The number of nitro benzene ring substituents is 1. The summed E-state index contributed by atoms with van der Waals surface area (Å²) in [4.78, 5) is 38.5. The summed E-state index contributed by atoms with van der Waals surface area (Å²) in [6, 6.07) is 8.77. The Labute approximate surface area is 226 Å². The van der Waals surface area contributed by atoms with Gasteiger partial charge in [-0.25, -0.2) is 8.42 Å². The molecule has 10 nitrogen and oxygen atoms in total. The number of hydrogen-bond acceptors (Lipinski definition) is 6. The van der Waals surface area contributed by atoms with E-state index in [0.717, 1.165) is 16.6 Å². The van der Waals surface area contributed by atoms with Crippen LogP contribution in [0.2, 0.25) is 10.0 Å². The van der Waals surface area contributed by atoms with Crippen molar-refractivity contribution >= 4 is 56.4 Å². The van der Waals surface area contributed by atoms with E-state index in [1.807, 2.05) is 13.8 Å². The van der Waals surface area contributed by atoms with Gasteiger partial charge in [0, 0.05) is 35.3 Å². The van der Waals surface area contributed by atoms with Gasteiger partial charge < -0.3 is 10.2 Å². The van der Waals surface area contributed by atoms with E-state index in [0.29, 0.717) is 17.1 Å². The second kappa shape index (κ2) is 13.1. The van der Waals surface area contributed by atoms with Crippen LogP contribution in [0.3, 0.4) is 0 Å². The van der Waals surface area contributed by atoms with Crippen molar-refractivity contribution in [2.45, 2.75) is 39.8 Å². The van der Waals surface area contributed by atoms with Gasteiger partial charge in [0.25, 0.3) is 5.69 Å². The van der Waals surface area contributed by atoms with Crippen molar-refractivity contribution < 1.29 is 22.9 Å². The summed E-state index contributed by atoms with van der Waals surface area (Å²) in [7, 11) is -4.03. The standard InChI is InChI=1S/C24H30Cl2N4O6S/c1-5-22(24(32)27-13-16(2)3)28(14-17-9-10-18(25)11-21(17)26)23(31)15-29(37(4,35)36)19-7-6-8-20(12-19)30(33)34/h6-12,16,22H,5,13-15H2,1-4H3,(H,27,32)/t22-/m1/s1. The molecule has 37 heavy (non-hydrogen) atoms. The first kappa shape index (κ1) is 30.3. The van der Waals surface area contributed by atoms with Gasteiger partial charge in [-0.05, 0) is 36.1 Å². The minimum absolute atomic E-state index is 0.0492. The van der Waals surface area contributed by atoms with Crippen molar-refractivity contribution in [1.29, 1.82) is 0 Å². The van der Waals surface area contributed by atoms with Gasteiger partial charge in [0.05, 0.1) is 16.9 Å². The molecule has 0 fully saturated rings. The molecule has 0 saturated carbocycles. The van der Waals surface area contributed by atoms with Crippen molar-refractivity contribution in [2.24, 2.45) is 5.92 Å². The third-order valence-corrected chi connectivity index (χ3v) is 7.16. The highest BCUT2D eigenvalue weighted by atomic mass is 35.5. The molecule has 2 amide bonds. The topological polar surface area (TPSA) is 130 Å². The van der Waals surface area contributed by atoms with Crippen molar-refractivity contribution in [2.75, 3.05) is 23.7 Å². The van der Waals surface area contributed by atoms with Crippen molar-refractivity contribution in [3.63, 3.8) is 0 Å². The molecule has 0 aliphatic heterocycles. The predicted octanol–water partition coefficient (Wildman–Crippen LogP) is 4.25. The smallest absolute Gasteiger partial charge is 0.271 e. The molecule has 0 unspecified atom stereocenters. The third-order valence-electron chi connectivity index (χ3n) is 5.43. The number of non-ortho nitro benzene ring substituents is 1. The van der Waals surface area contributed by atoms with Crippen LogP contribution >= 0.6 is 23.2 Å². The van der Waals surface area contributed by atoms with Crippen LogP contribution in [0.1, 0.15) is 32.8 Å². The van der Waals surface area contributed by atoms with E-state index in [-0.39, 0.29) is 35.3 Å². The summed E-state index contributed by atoms with van der Waals surface area (Å²) >= 11 is 12.3. The van der Waals surface area contributed by atoms with Gasteiger partial charge in [0.1, 0.15) is 12.6 Å². The van der Waals surface area contributed by atoms with Crippen LogP contribution in [0.4, 0.5) is 11.4 Å². The number of anilines is 1. The molecule has 1 atom stereocenters. The molecule has 1 N–H and O–H groups in total. The van der Waals surface area contributed by atoms with Gasteiger partial charge in [-0.3, -0.25) is 24.0 Å². The van der Waals surface area contributed by atoms with Gasteiger partial charge in [0.2, 0.25) is 21.8 Å². The van der Waals surface area contributed by atoms with Gasteiger partial charge >= 0.3 is 0 Å². The summed E-state index contributed by atoms with van der Waals surface area (Å²) < 4.78 is 26.1. The second-order valence-electron chi connectivity index (χ2n) is 8.87. The molecule has 0 aromatic heterocycles. The van der Waals surface area contributed by atoms with Crippen LogP contribution in [-0.4, -0.2) is 55.4 Å². The number of halogens is 2. The van der Waals surface area contributed by atoms with E-state index >= 15 is 0 Å². The first-order valence-electron chi connectivity index (χ1n) is 11.5. The number of nitrogens with one attached hydrogen (secondary N) is 1. The highest BCUT2D eigenvalue weighted by molar-refractivity contribution is 7.92. The minimum Gasteiger partial charge on any atom is -0.354 e. The lowest BCUT2D eigenvalue weighted by molar-refractivity contribution is -0.384. The molecular weight excluding hydrogens is 543 g/mol. The zero-order chi connectivity index (χ0) is 27.9. The maximum Gasteiger partial charge on any atom is 0.271 e. The van der Waals surface area contributed by atoms with Crippen LogP contribution in [0.15, 0.2) is 42.5 Å². The SMILES string of the molecule is CC[C@H](C(=O)NCC(C)C)N(Cc1ccc(Cl)cc1Cl)C(=O)CN(c1cccc([N+](=O)[O-])c1)S(C)(=O)=O. The van der Waals surface area contributed by atoms with E-state index < -0.39 is 39.3 Å². The quantitative estimate of drug-likeness (QED) is 0.299. The average Bonchev–Trinajstić information content (AvgIpc) is 2.81. The second-order valence-corrected chi connectivity index (χ2v) is 11.6. The lowest BCUT2D eigenvalue weighted by Gasteiger charge is -2.33. The van der Waals surface area contributed by atoms with Crippen LogP contribution < -0.4 is 9.62 Å². The summed E-state index contributed by atoms with van der Waals surface area (Å²) in [6.07, 6.45) is 1.14. The first-order chi connectivity index (χ1) is 17.2. The van der Waals surface area contributed by atoms with Crippen molar-refractivity contribution in [1.82, 2.24) is 10.2 Å². The molecule has 2 rings (SSSR count). The monoisotopic (exact) mass is 572 g/mol. The Morgan fingerprint density at radius 2 is 1.81 bits per heavy atom. The van der Waals surface area contributed by atoms with Crippen LogP contribution in [0.5, 0.6) is 0 Å². The molecule has 0 aliphatic rings. The Kier molecular flexibility index (Phi) is 10.7. The number of carbonyl (C=O) groups excluding carboxylic acids is 2. The van der Waals surface area contributed by atoms with E-state index in [1.165, 1.54) is 29.2 Å². The number of rotatable bonds is 12. The normalized spacial score (nSPS) is 12.2. The molecule has 0 bridgehead atoms. The zero-order valence-electron chi connectivity index (χ0n) is 21.0. The fraction of sp³-hybridized carbons (Fsp3) is 0.417. The number of carbonyl (C=O) groups is 2. The van der Waals surface area contributed by atoms with E-state index in [1.54, 1.807) is 19.1 Å². The Bertz CT molecular complexity index is 1260. The van der Waals surface area contributed by atoms with Crippen molar-refractivity contribution in [3.8, 4) is 0 Å². The molecule has 13 heteroatoms. The van der Waals surface area contributed by atoms with E-state index in [2.05, 4.69) is 5.32 Å². The van der Waals surface area contributed by atoms with Crippen molar-refractivity contribution in [3.05, 3.63) is 68.2 Å².